The minimum Gasteiger partial charge on any atom is -0.367 e. The molecule has 1 fully saturated rings. The van der Waals surface area contributed by atoms with Crippen molar-refractivity contribution in [1.29, 1.82) is 0 Å². The number of carbonyl (C=O) groups excluding carboxylic acids is 2. The van der Waals surface area contributed by atoms with E-state index in [4.69, 9.17) is 9.84 Å². The van der Waals surface area contributed by atoms with Crippen molar-refractivity contribution in [3.8, 4) is 16.9 Å². The van der Waals surface area contributed by atoms with Crippen molar-refractivity contribution in [2.75, 3.05) is 6.54 Å². The molecule has 2 atom stereocenters. The number of hydrogen-bond acceptors (Lipinski definition) is 4. The van der Waals surface area contributed by atoms with Gasteiger partial charge in [-0.15, -0.1) is 0 Å². The van der Waals surface area contributed by atoms with Gasteiger partial charge in [-0.1, -0.05) is 12.1 Å². The molecular formula is C28H24FN5O3. The fraction of sp³-hybridized carbons (Fsp3) is 0.214. The van der Waals surface area contributed by atoms with Gasteiger partial charge < -0.3 is 14.6 Å². The summed E-state index contributed by atoms with van der Waals surface area (Å²) in [5.74, 6) is -0.723. The van der Waals surface area contributed by atoms with Gasteiger partial charge in [0.15, 0.2) is 6.23 Å². The van der Waals surface area contributed by atoms with Crippen LogP contribution in [-0.2, 0) is 20.7 Å². The molecule has 9 heteroatoms. The average molecular weight is 498 g/mol. The van der Waals surface area contributed by atoms with Crippen LogP contribution in [0.1, 0.15) is 29.8 Å². The highest BCUT2D eigenvalue weighted by molar-refractivity contribution is 6.06. The molecule has 2 aromatic carbocycles. The Hall–Kier alpha value is -4.37. The molecule has 4 heterocycles. The molecule has 4 aromatic rings. The summed E-state index contributed by atoms with van der Waals surface area (Å²) in [6.45, 7) is 3.97. The summed E-state index contributed by atoms with van der Waals surface area (Å²) in [4.78, 5) is 33.5. The van der Waals surface area contributed by atoms with Crippen LogP contribution in [0.4, 0.5) is 4.39 Å². The molecule has 0 bridgehead atoms. The number of halogens is 1. The van der Waals surface area contributed by atoms with E-state index >= 15 is 0 Å². The predicted octanol–water partition coefficient (Wildman–Crippen LogP) is 2.74. The van der Waals surface area contributed by atoms with Crippen LogP contribution in [0, 0.1) is 12.7 Å². The van der Waals surface area contributed by atoms with Crippen molar-refractivity contribution in [2.24, 2.45) is 4.99 Å². The van der Waals surface area contributed by atoms with E-state index in [2.05, 4.69) is 9.98 Å². The number of rotatable bonds is 6. The van der Waals surface area contributed by atoms with Gasteiger partial charge >= 0.3 is 0 Å². The molecule has 1 N–H and O–H groups in total. The number of carbonyl (C=O) groups is 2. The highest BCUT2D eigenvalue weighted by Gasteiger charge is 2.40. The Labute approximate surface area is 211 Å². The zero-order valence-corrected chi connectivity index (χ0v) is 20.3. The van der Waals surface area contributed by atoms with Crippen LogP contribution in [-0.4, -0.2) is 44.1 Å². The monoisotopic (exact) mass is 497 g/mol. The van der Waals surface area contributed by atoms with Crippen LogP contribution in [0.5, 0.6) is 0 Å². The maximum Gasteiger partial charge on any atom is 0.270 e. The maximum atomic E-state index is 14.2. The number of fused-ring (bicyclic) bond motifs is 1. The summed E-state index contributed by atoms with van der Waals surface area (Å²) in [5, 5.41) is 6.22. The second-order valence-corrected chi connectivity index (χ2v) is 9.36. The number of nitrogens with one attached hydrogen (secondary N) is 1. The molecule has 0 unspecified atom stereocenters. The molecule has 2 aromatic heterocycles. The Bertz CT molecular complexity index is 1640. The normalized spacial score (nSPS) is 18.7. The fourth-order valence-corrected chi connectivity index (χ4v) is 4.89. The van der Waals surface area contributed by atoms with Crippen molar-refractivity contribution in [3.63, 3.8) is 0 Å². The SMILES string of the molecule is Cc1cc(F)cc(-n2cc([C@H]3O[C@H](C)C(=O)N3CCc3ccc4c(c3)=NC(=O)C=4)c(-c3cc[nH]c3)n2)c1. The first-order valence-corrected chi connectivity index (χ1v) is 12.1. The summed E-state index contributed by atoms with van der Waals surface area (Å²) in [7, 11) is 0. The molecule has 186 valence electrons. The van der Waals surface area contributed by atoms with Crippen LogP contribution in [0.25, 0.3) is 23.0 Å². The Kier molecular flexibility index (Phi) is 5.57. The first-order chi connectivity index (χ1) is 17.9. The van der Waals surface area contributed by atoms with E-state index in [-0.39, 0.29) is 17.6 Å². The van der Waals surface area contributed by atoms with Crippen molar-refractivity contribution in [1.82, 2.24) is 19.7 Å². The van der Waals surface area contributed by atoms with Crippen molar-refractivity contribution >= 4 is 17.9 Å². The van der Waals surface area contributed by atoms with E-state index < -0.39 is 12.3 Å². The number of hydrogen-bond donors (Lipinski definition) is 1. The molecule has 8 nitrogen and oxygen atoms in total. The lowest BCUT2D eigenvalue weighted by atomic mass is 10.1. The van der Waals surface area contributed by atoms with Crippen molar-refractivity contribution < 1.29 is 18.7 Å². The van der Waals surface area contributed by atoms with Gasteiger partial charge in [-0.25, -0.2) is 14.1 Å². The standard InChI is InChI=1S/C28H24FN5O3/c1-16-9-21(29)13-22(10-16)34-15-23(26(32-34)20-5-7-30-14-20)28-33(27(36)17(2)37-28)8-6-18-3-4-19-12-25(35)31-24(19)11-18/h3-5,7,9-15,17,28,30H,6,8H2,1-2H3/t17-,28-/m1/s1. The maximum absolute atomic E-state index is 14.2. The van der Waals surface area contributed by atoms with Gasteiger partial charge in [0.05, 0.1) is 11.0 Å². The zero-order valence-electron chi connectivity index (χ0n) is 20.3. The predicted molar refractivity (Wildman–Crippen MR) is 133 cm³/mol. The van der Waals surface area contributed by atoms with Gasteiger partial charge in [0.2, 0.25) is 0 Å². The third kappa shape index (κ3) is 4.27. The second-order valence-electron chi connectivity index (χ2n) is 9.36. The Morgan fingerprint density at radius 3 is 2.78 bits per heavy atom. The van der Waals surface area contributed by atoms with E-state index in [1.807, 2.05) is 43.5 Å². The van der Waals surface area contributed by atoms with Gasteiger partial charge in [-0.05, 0) is 61.7 Å². The lowest BCUT2D eigenvalue weighted by Crippen LogP contribution is -2.32. The molecule has 2 amide bonds. The molecule has 0 saturated carbocycles. The van der Waals surface area contributed by atoms with Gasteiger partial charge in [0.25, 0.3) is 11.8 Å². The van der Waals surface area contributed by atoms with Crippen LogP contribution in [0.2, 0.25) is 0 Å². The molecular weight excluding hydrogens is 473 g/mol. The summed E-state index contributed by atoms with van der Waals surface area (Å²) < 4.78 is 22.0. The van der Waals surface area contributed by atoms with E-state index in [0.29, 0.717) is 35.3 Å². The minimum absolute atomic E-state index is 0.117. The number of H-pyrrole nitrogens is 1. The van der Waals surface area contributed by atoms with Crippen LogP contribution in [0.3, 0.4) is 0 Å². The largest absolute Gasteiger partial charge is 0.367 e. The Morgan fingerprint density at radius 2 is 2.00 bits per heavy atom. The molecule has 0 aliphatic carbocycles. The number of aromatic nitrogens is 3. The number of aryl methyl sites for hydroxylation is 1. The smallest absolute Gasteiger partial charge is 0.270 e. The highest BCUT2D eigenvalue weighted by Crippen LogP contribution is 2.37. The molecule has 1 saturated heterocycles. The lowest BCUT2D eigenvalue weighted by Gasteiger charge is -2.23. The van der Waals surface area contributed by atoms with E-state index in [1.54, 1.807) is 28.9 Å². The Balaban J connectivity index is 1.36. The number of benzene rings is 2. The van der Waals surface area contributed by atoms with E-state index in [9.17, 15) is 14.0 Å². The topological polar surface area (TPSA) is 92.6 Å². The number of ether oxygens (including phenoxy) is 1. The minimum atomic E-state index is -0.662. The number of amides is 2. The van der Waals surface area contributed by atoms with Gasteiger partial charge in [-0.2, -0.15) is 5.10 Å². The van der Waals surface area contributed by atoms with Crippen molar-refractivity contribution in [2.45, 2.75) is 32.6 Å². The first kappa shape index (κ1) is 23.1. The zero-order chi connectivity index (χ0) is 25.7. The molecule has 2 aliphatic heterocycles. The number of nitrogens with zero attached hydrogens (tertiary/aromatic N) is 4. The van der Waals surface area contributed by atoms with Crippen molar-refractivity contribution in [3.05, 3.63) is 94.1 Å². The first-order valence-electron chi connectivity index (χ1n) is 12.1. The van der Waals surface area contributed by atoms with Gasteiger partial charge in [0, 0.05) is 47.6 Å². The lowest BCUT2D eigenvalue weighted by molar-refractivity contribution is -0.130. The van der Waals surface area contributed by atoms with Gasteiger partial charge in [0.1, 0.15) is 17.6 Å². The molecule has 2 aliphatic rings. The number of aromatic amines is 1. The van der Waals surface area contributed by atoms with E-state index in [0.717, 1.165) is 21.9 Å². The summed E-state index contributed by atoms with van der Waals surface area (Å²) in [5.41, 5.74) is 4.51. The highest BCUT2D eigenvalue weighted by atomic mass is 19.1. The van der Waals surface area contributed by atoms with Gasteiger partial charge in [-0.3, -0.25) is 9.59 Å². The molecule has 37 heavy (non-hydrogen) atoms. The van der Waals surface area contributed by atoms with Crippen LogP contribution >= 0.6 is 0 Å². The molecule has 6 rings (SSSR count). The average Bonchev–Trinajstić information content (AvgIpc) is 3.63. The second kappa shape index (κ2) is 8.94. The Morgan fingerprint density at radius 1 is 1.14 bits per heavy atom. The summed E-state index contributed by atoms with van der Waals surface area (Å²) in [6.07, 6.45) is 6.21. The van der Waals surface area contributed by atoms with Crippen LogP contribution in [0.15, 0.2) is 66.0 Å². The molecule has 0 radical (unpaired) electrons. The fourth-order valence-electron chi connectivity index (χ4n) is 4.89. The third-order valence-corrected chi connectivity index (χ3v) is 6.66. The summed E-state index contributed by atoms with van der Waals surface area (Å²) in [6, 6.07) is 12.3. The quantitative estimate of drug-likeness (QED) is 0.444. The summed E-state index contributed by atoms with van der Waals surface area (Å²) >= 11 is 0. The van der Waals surface area contributed by atoms with Crippen LogP contribution < -0.4 is 10.6 Å². The molecule has 0 spiro atoms. The van der Waals surface area contributed by atoms with E-state index in [1.165, 1.54) is 18.2 Å². The third-order valence-electron chi connectivity index (χ3n) is 6.66.